The summed E-state index contributed by atoms with van der Waals surface area (Å²) in [5.41, 5.74) is 5.56. The van der Waals surface area contributed by atoms with Crippen molar-refractivity contribution in [1.29, 1.82) is 5.26 Å². The van der Waals surface area contributed by atoms with E-state index in [9.17, 15) is 13.2 Å². The van der Waals surface area contributed by atoms with E-state index < -0.39 is 15.9 Å². The second-order valence-corrected chi connectivity index (χ2v) is 6.77. The van der Waals surface area contributed by atoms with Crippen molar-refractivity contribution in [2.75, 3.05) is 4.72 Å². The number of carbonyl (C=O) groups excluding carboxylic acids is 1. The molecule has 0 bridgehead atoms. The van der Waals surface area contributed by atoms with E-state index in [1.54, 1.807) is 0 Å². The van der Waals surface area contributed by atoms with Crippen LogP contribution in [0.25, 0.3) is 0 Å². The molecule has 20 heavy (non-hydrogen) atoms. The predicted molar refractivity (Wildman–Crippen MR) is 74.8 cm³/mol. The molecule has 0 radical (unpaired) electrons. The number of benzene rings is 1. The smallest absolute Gasteiger partial charge is 0.271 e. The summed E-state index contributed by atoms with van der Waals surface area (Å²) in [5, 5.41) is 8.70. The number of hydrogen-bond donors (Lipinski definition) is 2. The average Bonchev–Trinajstić information content (AvgIpc) is 2.88. The van der Waals surface area contributed by atoms with Gasteiger partial charge in [-0.1, -0.05) is 6.07 Å². The molecule has 0 saturated heterocycles. The van der Waals surface area contributed by atoms with Crippen LogP contribution in [-0.4, -0.2) is 14.3 Å². The zero-order valence-corrected chi connectivity index (χ0v) is 11.7. The lowest BCUT2D eigenvalue weighted by atomic mass is 10.2. The first-order valence-electron chi connectivity index (χ1n) is 5.35. The molecule has 102 valence electrons. The Labute approximate surface area is 119 Å². The zero-order chi connectivity index (χ0) is 14.8. The lowest BCUT2D eigenvalue weighted by Crippen LogP contribution is -2.14. The monoisotopic (exact) mass is 307 g/mol. The predicted octanol–water partition coefficient (Wildman–Crippen LogP) is 1.52. The van der Waals surface area contributed by atoms with Gasteiger partial charge in [0.2, 0.25) is 5.91 Å². The van der Waals surface area contributed by atoms with E-state index in [1.807, 2.05) is 6.07 Å². The number of nitriles is 1. The highest BCUT2D eigenvalue weighted by Crippen LogP contribution is 2.23. The molecule has 0 aliphatic carbocycles. The molecule has 1 aromatic heterocycles. The van der Waals surface area contributed by atoms with Crippen LogP contribution in [0.5, 0.6) is 0 Å². The van der Waals surface area contributed by atoms with Gasteiger partial charge in [-0.15, -0.1) is 11.3 Å². The molecule has 8 heteroatoms. The first kappa shape index (κ1) is 14.0. The van der Waals surface area contributed by atoms with E-state index >= 15 is 0 Å². The fraction of sp³-hybridized carbons (Fsp3) is 0. The second-order valence-electron chi connectivity index (χ2n) is 3.78. The molecule has 6 nitrogen and oxygen atoms in total. The quantitative estimate of drug-likeness (QED) is 0.891. The summed E-state index contributed by atoms with van der Waals surface area (Å²) in [7, 11) is -3.78. The molecule has 2 aromatic rings. The Balaban J connectivity index is 2.31. The van der Waals surface area contributed by atoms with E-state index in [4.69, 9.17) is 11.0 Å². The van der Waals surface area contributed by atoms with Crippen LogP contribution < -0.4 is 10.5 Å². The van der Waals surface area contributed by atoms with Crippen molar-refractivity contribution >= 4 is 33.0 Å². The molecule has 3 N–H and O–H groups in total. The molecule has 0 unspecified atom stereocenters. The minimum atomic E-state index is -3.78. The van der Waals surface area contributed by atoms with E-state index in [0.717, 1.165) is 11.3 Å². The number of hydrogen-bond acceptors (Lipinski definition) is 5. The summed E-state index contributed by atoms with van der Waals surface area (Å²) >= 11 is 0.866. The summed E-state index contributed by atoms with van der Waals surface area (Å²) < 4.78 is 26.5. The Bertz CT molecular complexity index is 803. The number of rotatable bonds is 4. The highest BCUT2D eigenvalue weighted by molar-refractivity contribution is 7.94. The largest absolute Gasteiger partial charge is 0.366 e. The number of primary amides is 1. The third kappa shape index (κ3) is 2.96. The highest BCUT2D eigenvalue weighted by atomic mass is 32.2. The van der Waals surface area contributed by atoms with Gasteiger partial charge in [-0.2, -0.15) is 5.26 Å². The topological polar surface area (TPSA) is 113 Å². The van der Waals surface area contributed by atoms with Crippen LogP contribution in [0.3, 0.4) is 0 Å². The van der Waals surface area contributed by atoms with Gasteiger partial charge in [0.15, 0.2) is 0 Å². The molecule has 2 rings (SSSR count). The number of nitrogens with zero attached hydrogens (tertiary/aromatic N) is 1. The SMILES string of the molecule is N#Cc1ccc(S(=O)(=O)Nc2cccc(C(N)=O)c2)s1. The molecule has 0 saturated carbocycles. The number of anilines is 1. The maximum absolute atomic E-state index is 12.1. The van der Waals surface area contributed by atoms with Crippen LogP contribution in [0.2, 0.25) is 0 Å². The van der Waals surface area contributed by atoms with Crippen LogP contribution in [-0.2, 0) is 10.0 Å². The summed E-state index contributed by atoms with van der Waals surface area (Å²) in [4.78, 5) is 11.3. The molecular formula is C12H9N3O3S2. The van der Waals surface area contributed by atoms with Gasteiger partial charge in [0.25, 0.3) is 10.0 Å². The lowest BCUT2D eigenvalue weighted by Gasteiger charge is -2.06. The molecule has 1 amide bonds. The Kier molecular flexibility index (Phi) is 3.74. The third-order valence-corrected chi connectivity index (χ3v) is 5.22. The first-order chi connectivity index (χ1) is 9.42. The van der Waals surface area contributed by atoms with E-state index in [2.05, 4.69) is 4.72 Å². The molecule has 0 atom stereocenters. The minimum absolute atomic E-state index is 0.0264. The van der Waals surface area contributed by atoms with Crippen LogP contribution >= 0.6 is 11.3 Å². The zero-order valence-electron chi connectivity index (χ0n) is 10.0. The lowest BCUT2D eigenvalue weighted by molar-refractivity contribution is 0.100. The van der Waals surface area contributed by atoms with Gasteiger partial charge in [-0.3, -0.25) is 9.52 Å². The fourth-order valence-electron chi connectivity index (χ4n) is 1.47. The highest BCUT2D eigenvalue weighted by Gasteiger charge is 2.17. The first-order valence-corrected chi connectivity index (χ1v) is 7.65. The van der Waals surface area contributed by atoms with Crippen molar-refractivity contribution in [3.05, 3.63) is 46.8 Å². The number of amides is 1. The Hall–Kier alpha value is -2.37. The summed E-state index contributed by atoms with van der Waals surface area (Å²) in [5.74, 6) is -0.645. The van der Waals surface area contributed by atoms with Crippen molar-refractivity contribution in [3.8, 4) is 6.07 Å². The normalized spacial score (nSPS) is 10.8. The van der Waals surface area contributed by atoms with Gasteiger partial charge in [0.1, 0.15) is 15.2 Å². The number of sulfonamides is 1. The maximum Gasteiger partial charge on any atom is 0.271 e. The van der Waals surface area contributed by atoms with Crippen LogP contribution in [0.4, 0.5) is 5.69 Å². The third-order valence-electron chi connectivity index (χ3n) is 2.36. The molecule has 0 aliphatic rings. The van der Waals surface area contributed by atoms with E-state index in [0.29, 0.717) is 4.88 Å². The van der Waals surface area contributed by atoms with Crippen molar-refractivity contribution in [1.82, 2.24) is 0 Å². The fourth-order valence-corrected chi connectivity index (χ4v) is 3.62. The standard InChI is InChI=1S/C12H9N3O3S2/c13-7-10-4-5-11(19-10)20(17,18)15-9-3-1-2-8(6-9)12(14)16/h1-6,15H,(H2,14,16). The van der Waals surface area contributed by atoms with Gasteiger partial charge in [-0.05, 0) is 30.3 Å². The Morgan fingerprint density at radius 1 is 1.30 bits per heavy atom. The molecular weight excluding hydrogens is 298 g/mol. The van der Waals surface area contributed by atoms with Crippen LogP contribution in [0.15, 0.2) is 40.6 Å². The average molecular weight is 307 g/mol. The van der Waals surface area contributed by atoms with Gasteiger partial charge in [0, 0.05) is 11.3 Å². The maximum atomic E-state index is 12.1. The van der Waals surface area contributed by atoms with Gasteiger partial charge in [-0.25, -0.2) is 8.42 Å². The minimum Gasteiger partial charge on any atom is -0.366 e. The molecule has 0 aliphatic heterocycles. The summed E-state index contributed by atoms with van der Waals surface area (Å²) in [6, 6.07) is 10.5. The van der Waals surface area contributed by atoms with Gasteiger partial charge in [0.05, 0.1) is 0 Å². The van der Waals surface area contributed by atoms with Crippen molar-refractivity contribution in [3.63, 3.8) is 0 Å². The van der Waals surface area contributed by atoms with Crippen LogP contribution in [0, 0.1) is 11.3 Å². The molecule has 1 aromatic carbocycles. The number of thiophene rings is 1. The number of carbonyl (C=O) groups is 1. The van der Waals surface area contributed by atoms with E-state index in [-0.39, 0.29) is 15.5 Å². The number of nitrogens with two attached hydrogens (primary N) is 1. The van der Waals surface area contributed by atoms with Gasteiger partial charge >= 0.3 is 0 Å². The van der Waals surface area contributed by atoms with E-state index in [1.165, 1.54) is 36.4 Å². The number of nitrogens with one attached hydrogen (secondary N) is 1. The molecule has 0 spiro atoms. The van der Waals surface area contributed by atoms with Crippen molar-refractivity contribution < 1.29 is 13.2 Å². The molecule has 1 heterocycles. The summed E-state index contributed by atoms with van der Waals surface area (Å²) in [6.45, 7) is 0. The van der Waals surface area contributed by atoms with Crippen molar-refractivity contribution in [2.45, 2.75) is 4.21 Å². The Morgan fingerprint density at radius 2 is 2.05 bits per heavy atom. The summed E-state index contributed by atoms with van der Waals surface area (Å²) in [6.07, 6.45) is 0. The van der Waals surface area contributed by atoms with Gasteiger partial charge < -0.3 is 5.73 Å². The molecule has 0 fully saturated rings. The van der Waals surface area contributed by atoms with Crippen molar-refractivity contribution in [2.24, 2.45) is 5.73 Å². The Morgan fingerprint density at radius 3 is 2.65 bits per heavy atom. The van der Waals surface area contributed by atoms with Crippen LogP contribution in [0.1, 0.15) is 15.2 Å². The second kappa shape index (κ2) is 5.32.